The van der Waals surface area contributed by atoms with Crippen LogP contribution in [0.25, 0.3) is 16.8 Å². The standard InChI is InChI=1S/C34H26Cl2N2O4S/c1-3-41-33(40)30-20(2)37-34-38(31(30)27-10-6-8-22-7-4-5-9-26(22)27)32(39)29(43-34)17-21-11-15-25(16-12-21)42-19-23-13-14-24(35)18-28(23)36/h4-18,31H,3,19H2,1-2H3/b29-17-/t31-/m1/s1. The van der Waals surface area contributed by atoms with E-state index in [1.807, 2.05) is 78.9 Å². The number of rotatable bonds is 7. The van der Waals surface area contributed by atoms with E-state index in [2.05, 4.69) is 0 Å². The molecule has 0 fully saturated rings. The smallest absolute Gasteiger partial charge is 0.338 e. The molecule has 0 aliphatic carbocycles. The number of allylic oxidation sites excluding steroid dienone is 1. The topological polar surface area (TPSA) is 69.9 Å². The molecule has 4 aromatic carbocycles. The van der Waals surface area contributed by atoms with Crippen molar-refractivity contribution in [1.82, 2.24) is 4.57 Å². The van der Waals surface area contributed by atoms with E-state index < -0.39 is 12.0 Å². The number of ether oxygens (including phenoxy) is 2. The summed E-state index contributed by atoms with van der Waals surface area (Å²) in [5, 5.41) is 3.08. The zero-order valence-electron chi connectivity index (χ0n) is 23.3. The van der Waals surface area contributed by atoms with Crippen molar-refractivity contribution in [2.45, 2.75) is 26.5 Å². The molecule has 5 aromatic rings. The number of fused-ring (bicyclic) bond motifs is 2. The van der Waals surface area contributed by atoms with Crippen LogP contribution >= 0.6 is 34.5 Å². The number of halogens is 2. The predicted molar refractivity (Wildman–Crippen MR) is 172 cm³/mol. The molecule has 0 saturated heterocycles. The fourth-order valence-electron chi connectivity index (χ4n) is 5.19. The fraction of sp³-hybridized carbons (Fsp3) is 0.147. The number of hydrogen-bond donors (Lipinski definition) is 0. The Balaban J connectivity index is 1.38. The summed E-state index contributed by atoms with van der Waals surface area (Å²) in [6.45, 7) is 4.06. The van der Waals surface area contributed by atoms with Gasteiger partial charge in [-0.1, -0.05) is 95.2 Å². The molecule has 216 valence electrons. The minimum Gasteiger partial charge on any atom is -0.489 e. The molecule has 2 heterocycles. The van der Waals surface area contributed by atoms with Crippen LogP contribution in [0.2, 0.25) is 10.0 Å². The van der Waals surface area contributed by atoms with E-state index in [-0.39, 0.29) is 12.2 Å². The molecule has 9 heteroatoms. The van der Waals surface area contributed by atoms with Crippen LogP contribution in [-0.4, -0.2) is 17.1 Å². The van der Waals surface area contributed by atoms with Gasteiger partial charge in [-0.25, -0.2) is 9.79 Å². The van der Waals surface area contributed by atoms with E-state index in [9.17, 15) is 9.59 Å². The zero-order valence-corrected chi connectivity index (χ0v) is 25.7. The molecule has 0 radical (unpaired) electrons. The van der Waals surface area contributed by atoms with E-state index in [1.165, 1.54) is 11.3 Å². The van der Waals surface area contributed by atoms with Crippen molar-refractivity contribution < 1.29 is 14.3 Å². The van der Waals surface area contributed by atoms with Crippen LogP contribution in [-0.2, 0) is 16.1 Å². The van der Waals surface area contributed by atoms with E-state index in [4.69, 9.17) is 37.7 Å². The molecule has 0 unspecified atom stereocenters. The first-order valence-corrected chi connectivity index (χ1v) is 15.3. The molecule has 1 aromatic heterocycles. The van der Waals surface area contributed by atoms with E-state index in [1.54, 1.807) is 30.5 Å². The van der Waals surface area contributed by atoms with Gasteiger partial charge in [0.1, 0.15) is 12.4 Å². The molecular weight excluding hydrogens is 603 g/mol. The molecule has 0 spiro atoms. The van der Waals surface area contributed by atoms with Crippen molar-refractivity contribution in [3.05, 3.63) is 143 Å². The van der Waals surface area contributed by atoms with Gasteiger partial charge in [0.05, 0.1) is 28.5 Å². The quantitative estimate of drug-likeness (QED) is 0.185. The monoisotopic (exact) mass is 628 g/mol. The second kappa shape index (κ2) is 12.2. The molecule has 0 saturated carbocycles. The molecule has 6 rings (SSSR count). The third-order valence-electron chi connectivity index (χ3n) is 7.22. The lowest BCUT2D eigenvalue weighted by Gasteiger charge is -2.25. The van der Waals surface area contributed by atoms with Gasteiger partial charge < -0.3 is 9.47 Å². The van der Waals surface area contributed by atoms with Crippen LogP contribution in [0.5, 0.6) is 5.75 Å². The third kappa shape index (κ3) is 5.76. The molecule has 1 aliphatic heterocycles. The number of nitrogens with zero attached hydrogens (tertiary/aromatic N) is 2. The predicted octanol–water partition coefficient (Wildman–Crippen LogP) is 6.84. The normalized spacial score (nSPS) is 14.9. The largest absolute Gasteiger partial charge is 0.489 e. The highest BCUT2D eigenvalue weighted by Gasteiger charge is 2.34. The summed E-state index contributed by atoms with van der Waals surface area (Å²) in [6, 6.07) is 25.9. The lowest BCUT2D eigenvalue weighted by atomic mass is 9.91. The molecule has 0 N–H and O–H groups in total. The van der Waals surface area contributed by atoms with Gasteiger partial charge in [0.15, 0.2) is 4.80 Å². The molecule has 1 atom stereocenters. The molecule has 0 amide bonds. The van der Waals surface area contributed by atoms with Crippen LogP contribution in [0.15, 0.2) is 106 Å². The van der Waals surface area contributed by atoms with Crippen molar-refractivity contribution in [2.75, 3.05) is 6.61 Å². The average molecular weight is 630 g/mol. The molecule has 1 aliphatic rings. The zero-order chi connectivity index (χ0) is 30.1. The van der Waals surface area contributed by atoms with Crippen LogP contribution < -0.4 is 19.6 Å². The number of esters is 1. The van der Waals surface area contributed by atoms with Crippen molar-refractivity contribution in [1.29, 1.82) is 0 Å². The first-order chi connectivity index (χ1) is 20.8. The Morgan fingerprint density at radius 1 is 1.02 bits per heavy atom. The first-order valence-electron chi connectivity index (χ1n) is 13.7. The van der Waals surface area contributed by atoms with Crippen LogP contribution in [0, 0.1) is 0 Å². The summed E-state index contributed by atoms with van der Waals surface area (Å²) in [4.78, 5) is 32.5. The summed E-state index contributed by atoms with van der Waals surface area (Å²) in [7, 11) is 0. The fourth-order valence-corrected chi connectivity index (χ4v) is 6.70. The summed E-state index contributed by atoms with van der Waals surface area (Å²) < 4.78 is 13.5. The highest BCUT2D eigenvalue weighted by atomic mass is 35.5. The Bertz CT molecular complexity index is 2080. The molecule has 43 heavy (non-hydrogen) atoms. The Labute approximate surface area is 261 Å². The van der Waals surface area contributed by atoms with Gasteiger partial charge in [0, 0.05) is 15.6 Å². The highest BCUT2D eigenvalue weighted by Crippen LogP contribution is 2.35. The molecule has 0 bridgehead atoms. The minimum absolute atomic E-state index is 0.217. The van der Waals surface area contributed by atoms with Gasteiger partial charge in [-0.15, -0.1) is 0 Å². The molecule has 6 nitrogen and oxygen atoms in total. The maximum atomic E-state index is 14.0. The van der Waals surface area contributed by atoms with Gasteiger partial charge in [-0.3, -0.25) is 9.36 Å². The van der Waals surface area contributed by atoms with Gasteiger partial charge in [-0.05, 0) is 66.1 Å². The Morgan fingerprint density at radius 2 is 1.79 bits per heavy atom. The lowest BCUT2D eigenvalue weighted by molar-refractivity contribution is -0.139. The van der Waals surface area contributed by atoms with Gasteiger partial charge in [0.2, 0.25) is 0 Å². The number of thiazole rings is 1. The first kappa shape index (κ1) is 28.9. The van der Waals surface area contributed by atoms with E-state index in [0.29, 0.717) is 43.0 Å². The minimum atomic E-state index is -0.681. The highest BCUT2D eigenvalue weighted by molar-refractivity contribution is 7.07. The maximum Gasteiger partial charge on any atom is 0.338 e. The number of carbonyl (C=O) groups is 1. The number of aromatic nitrogens is 1. The summed E-state index contributed by atoms with van der Waals surface area (Å²) in [5.41, 5.74) is 3.16. The van der Waals surface area contributed by atoms with Crippen LogP contribution in [0.4, 0.5) is 0 Å². The summed E-state index contributed by atoms with van der Waals surface area (Å²) in [6.07, 6.45) is 1.83. The summed E-state index contributed by atoms with van der Waals surface area (Å²) >= 11 is 13.5. The Kier molecular flexibility index (Phi) is 8.21. The second-order valence-electron chi connectivity index (χ2n) is 9.96. The number of carbonyl (C=O) groups excluding carboxylic acids is 1. The SMILES string of the molecule is CCOC(=O)C1=C(C)N=c2s/c(=C\c3ccc(OCc4ccc(Cl)cc4Cl)cc3)c(=O)n2[C@@H]1c1cccc2ccccc12. The van der Waals surface area contributed by atoms with Gasteiger partial charge in [-0.2, -0.15) is 0 Å². The number of hydrogen-bond acceptors (Lipinski definition) is 6. The van der Waals surface area contributed by atoms with Crippen LogP contribution in [0.3, 0.4) is 0 Å². The van der Waals surface area contributed by atoms with Crippen LogP contribution in [0.1, 0.15) is 36.6 Å². The Hall–Kier alpha value is -4.17. The maximum absolute atomic E-state index is 14.0. The van der Waals surface area contributed by atoms with Crippen molar-refractivity contribution >= 4 is 57.4 Å². The Morgan fingerprint density at radius 3 is 2.56 bits per heavy atom. The van der Waals surface area contributed by atoms with Crippen molar-refractivity contribution in [2.24, 2.45) is 4.99 Å². The average Bonchev–Trinajstić information content (AvgIpc) is 3.30. The van der Waals surface area contributed by atoms with E-state index in [0.717, 1.165) is 27.5 Å². The molecular formula is C34H26Cl2N2O4S. The summed E-state index contributed by atoms with van der Waals surface area (Å²) in [5.74, 6) is 0.182. The number of benzene rings is 4. The third-order valence-corrected chi connectivity index (χ3v) is 8.79. The van der Waals surface area contributed by atoms with Gasteiger partial charge in [0.25, 0.3) is 5.56 Å². The van der Waals surface area contributed by atoms with E-state index >= 15 is 0 Å². The van der Waals surface area contributed by atoms with Crippen molar-refractivity contribution in [3.63, 3.8) is 0 Å². The van der Waals surface area contributed by atoms with Crippen molar-refractivity contribution in [3.8, 4) is 5.75 Å². The lowest BCUT2D eigenvalue weighted by Crippen LogP contribution is -2.40. The second-order valence-corrected chi connectivity index (χ2v) is 11.8. The van der Waals surface area contributed by atoms with Gasteiger partial charge >= 0.3 is 5.97 Å².